The van der Waals surface area contributed by atoms with Crippen molar-refractivity contribution in [2.24, 2.45) is 5.10 Å². The number of methoxy groups -OCH3 is 1. The number of hydrogen-bond acceptors (Lipinski definition) is 7. The monoisotopic (exact) mass is 471 g/mol. The van der Waals surface area contributed by atoms with Gasteiger partial charge in [0.1, 0.15) is 0 Å². The first kappa shape index (κ1) is 22.9. The van der Waals surface area contributed by atoms with E-state index in [1.165, 1.54) is 25.1 Å². The van der Waals surface area contributed by atoms with Crippen LogP contribution in [0.25, 0.3) is 17.1 Å². The molecule has 0 aliphatic heterocycles. The largest absolute Gasteiger partial charge is 0.465 e. The summed E-state index contributed by atoms with van der Waals surface area (Å²) < 4.78 is 6.60. The van der Waals surface area contributed by atoms with Crippen molar-refractivity contribution in [3.8, 4) is 17.1 Å². The molecule has 0 aliphatic rings. The van der Waals surface area contributed by atoms with Crippen LogP contribution in [0.2, 0.25) is 0 Å². The van der Waals surface area contributed by atoms with Gasteiger partial charge < -0.3 is 4.74 Å². The zero-order valence-corrected chi connectivity index (χ0v) is 19.1. The summed E-state index contributed by atoms with van der Waals surface area (Å²) >= 11 is 1.27. The number of aromatic nitrogens is 3. The van der Waals surface area contributed by atoms with Gasteiger partial charge in [0.15, 0.2) is 11.0 Å². The molecule has 1 amide bonds. The molecule has 0 unspecified atom stereocenters. The van der Waals surface area contributed by atoms with Gasteiger partial charge in [0.2, 0.25) is 0 Å². The zero-order chi connectivity index (χ0) is 23.8. The lowest BCUT2D eigenvalue weighted by Gasteiger charge is -2.10. The van der Waals surface area contributed by atoms with Gasteiger partial charge in [-0.05, 0) is 29.8 Å². The lowest BCUT2D eigenvalue weighted by Crippen LogP contribution is -2.20. The molecule has 0 saturated carbocycles. The fourth-order valence-corrected chi connectivity index (χ4v) is 3.86. The van der Waals surface area contributed by atoms with E-state index < -0.39 is 5.97 Å². The summed E-state index contributed by atoms with van der Waals surface area (Å²) in [6.45, 7) is 0. The third-order valence-electron chi connectivity index (χ3n) is 4.75. The first-order chi connectivity index (χ1) is 16.7. The normalized spacial score (nSPS) is 10.9. The number of nitrogens with one attached hydrogen (secondary N) is 1. The number of carbonyl (C=O) groups excluding carboxylic acids is 2. The van der Waals surface area contributed by atoms with Crippen molar-refractivity contribution in [2.45, 2.75) is 5.16 Å². The van der Waals surface area contributed by atoms with Crippen LogP contribution in [-0.4, -0.2) is 45.7 Å². The summed E-state index contributed by atoms with van der Waals surface area (Å²) in [6, 6.07) is 26.2. The minimum Gasteiger partial charge on any atom is -0.465 e. The number of esters is 1. The summed E-state index contributed by atoms with van der Waals surface area (Å²) in [5.74, 6) is 0.116. The van der Waals surface area contributed by atoms with Gasteiger partial charge in [-0.15, -0.1) is 10.2 Å². The molecule has 0 spiro atoms. The SMILES string of the molecule is COC(=O)c1ccc(C=NNC(=O)CSc2nnc(-c3ccccc3)n2-c2ccccc2)cc1. The van der Waals surface area contributed by atoms with Crippen LogP contribution >= 0.6 is 11.8 Å². The summed E-state index contributed by atoms with van der Waals surface area (Å²) in [7, 11) is 1.33. The van der Waals surface area contributed by atoms with Crippen LogP contribution in [0, 0.1) is 0 Å². The summed E-state index contributed by atoms with van der Waals surface area (Å²) in [6.07, 6.45) is 1.50. The molecule has 0 bridgehead atoms. The quantitative estimate of drug-likeness (QED) is 0.181. The Bertz CT molecular complexity index is 1290. The Kier molecular flexibility index (Phi) is 7.46. The molecular formula is C25H21N5O3S. The number of nitrogens with zero attached hydrogens (tertiary/aromatic N) is 4. The molecule has 4 rings (SSSR count). The molecule has 1 aromatic heterocycles. The van der Waals surface area contributed by atoms with E-state index in [1.807, 2.05) is 65.2 Å². The number of rotatable bonds is 8. The first-order valence-electron chi connectivity index (χ1n) is 10.3. The van der Waals surface area contributed by atoms with Crippen LogP contribution < -0.4 is 5.43 Å². The van der Waals surface area contributed by atoms with Gasteiger partial charge in [0.25, 0.3) is 5.91 Å². The lowest BCUT2D eigenvalue weighted by atomic mass is 10.1. The Morgan fingerprint density at radius 1 is 0.971 bits per heavy atom. The number of carbonyl (C=O) groups is 2. The molecule has 0 atom stereocenters. The van der Waals surface area contributed by atoms with E-state index in [-0.39, 0.29) is 11.7 Å². The molecule has 34 heavy (non-hydrogen) atoms. The molecule has 0 aliphatic carbocycles. The van der Waals surface area contributed by atoms with Gasteiger partial charge in [-0.25, -0.2) is 10.2 Å². The molecule has 170 valence electrons. The van der Waals surface area contributed by atoms with Gasteiger partial charge in [0.05, 0.1) is 24.6 Å². The van der Waals surface area contributed by atoms with Crippen molar-refractivity contribution in [1.29, 1.82) is 0 Å². The Morgan fingerprint density at radius 2 is 1.65 bits per heavy atom. The zero-order valence-electron chi connectivity index (χ0n) is 18.3. The highest BCUT2D eigenvalue weighted by Gasteiger charge is 2.17. The molecule has 3 aromatic carbocycles. The fraction of sp³-hybridized carbons (Fsp3) is 0.0800. The maximum atomic E-state index is 12.3. The van der Waals surface area contributed by atoms with E-state index in [4.69, 9.17) is 0 Å². The topological polar surface area (TPSA) is 98.5 Å². The highest BCUT2D eigenvalue weighted by atomic mass is 32.2. The maximum absolute atomic E-state index is 12.3. The van der Waals surface area contributed by atoms with Gasteiger partial charge in [0, 0.05) is 11.3 Å². The van der Waals surface area contributed by atoms with E-state index in [0.29, 0.717) is 16.5 Å². The fourth-order valence-electron chi connectivity index (χ4n) is 3.11. The molecule has 0 fully saturated rings. The smallest absolute Gasteiger partial charge is 0.337 e. The standard InChI is InChI=1S/C25H21N5O3S/c1-33-24(32)20-14-12-18(13-15-20)16-26-27-22(31)17-34-25-29-28-23(19-8-4-2-5-9-19)30(25)21-10-6-3-7-11-21/h2-16H,17H2,1H3,(H,27,31). The van der Waals surface area contributed by atoms with Crippen LogP contribution in [0.1, 0.15) is 15.9 Å². The van der Waals surface area contributed by atoms with Crippen molar-refractivity contribution in [3.63, 3.8) is 0 Å². The van der Waals surface area contributed by atoms with E-state index in [1.54, 1.807) is 24.3 Å². The summed E-state index contributed by atoms with van der Waals surface area (Å²) in [5.41, 5.74) is 5.52. The van der Waals surface area contributed by atoms with Crippen LogP contribution in [0.5, 0.6) is 0 Å². The number of para-hydroxylation sites is 1. The van der Waals surface area contributed by atoms with E-state index in [0.717, 1.165) is 16.8 Å². The molecule has 9 heteroatoms. The minimum atomic E-state index is -0.410. The van der Waals surface area contributed by atoms with Crippen molar-refractivity contribution >= 4 is 29.9 Å². The number of thioether (sulfide) groups is 1. The Hall–Kier alpha value is -4.24. The van der Waals surface area contributed by atoms with E-state index in [2.05, 4.69) is 25.5 Å². The third-order valence-corrected chi connectivity index (χ3v) is 5.68. The van der Waals surface area contributed by atoms with Crippen LogP contribution in [0.3, 0.4) is 0 Å². The predicted molar refractivity (Wildman–Crippen MR) is 131 cm³/mol. The Balaban J connectivity index is 1.42. The second-order valence-corrected chi connectivity index (χ2v) is 7.98. The summed E-state index contributed by atoms with van der Waals surface area (Å²) in [5, 5.41) is 13.3. The maximum Gasteiger partial charge on any atom is 0.337 e. The highest BCUT2D eigenvalue weighted by molar-refractivity contribution is 7.99. The number of ether oxygens (including phenoxy) is 1. The van der Waals surface area contributed by atoms with Crippen molar-refractivity contribution in [3.05, 3.63) is 96.1 Å². The molecule has 1 N–H and O–H groups in total. The van der Waals surface area contributed by atoms with E-state index >= 15 is 0 Å². The predicted octanol–water partition coefficient (Wildman–Crippen LogP) is 3.96. The Labute approximate surface area is 200 Å². The number of hydrogen-bond donors (Lipinski definition) is 1. The van der Waals surface area contributed by atoms with Crippen molar-refractivity contribution < 1.29 is 14.3 Å². The van der Waals surface area contributed by atoms with Crippen molar-refractivity contribution in [2.75, 3.05) is 12.9 Å². The van der Waals surface area contributed by atoms with Gasteiger partial charge in [-0.1, -0.05) is 72.4 Å². The first-order valence-corrected chi connectivity index (χ1v) is 11.3. The second kappa shape index (κ2) is 11.1. The summed E-state index contributed by atoms with van der Waals surface area (Å²) in [4.78, 5) is 23.8. The number of hydrazone groups is 1. The highest BCUT2D eigenvalue weighted by Crippen LogP contribution is 2.27. The van der Waals surface area contributed by atoms with Crippen LogP contribution in [0.15, 0.2) is 95.2 Å². The van der Waals surface area contributed by atoms with Gasteiger partial charge in [-0.3, -0.25) is 9.36 Å². The molecular weight excluding hydrogens is 450 g/mol. The van der Waals surface area contributed by atoms with Crippen LogP contribution in [-0.2, 0) is 9.53 Å². The van der Waals surface area contributed by atoms with Crippen molar-refractivity contribution in [1.82, 2.24) is 20.2 Å². The lowest BCUT2D eigenvalue weighted by molar-refractivity contribution is -0.118. The molecule has 0 saturated heterocycles. The van der Waals surface area contributed by atoms with E-state index in [9.17, 15) is 9.59 Å². The number of amides is 1. The minimum absolute atomic E-state index is 0.109. The Morgan fingerprint density at radius 3 is 2.32 bits per heavy atom. The molecule has 1 heterocycles. The third kappa shape index (κ3) is 5.57. The average Bonchev–Trinajstić information content (AvgIpc) is 3.32. The van der Waals surface area contributed by atoms with Crippen LogP contribution in [0.4, 0.5) is 0 Å². The van der Waals surface area contributed by atoms with Gasteiger partial charge in [-0.2, -0.15) is 5.10 Å². The average molecular weight is 472 g/mol. The number of benzene rings is 3. The molecule has 4 aromatic rings. The molecule has 8 nitrogen and oxygen atoms in total. The second-order valence-electron chi connectivity index (χ2n) is 7.04. The molecule has 0 radical (unpaired) electrons. The van der Waals surface area contributed by atoms with Gasteiger partial charge >= 0.3 is 5.97 Å².